The van der Waals surface area contributed by atoms with Crippen LogP contribution in [0.3, 0.4) is 0 Å². The van der Waals surface area contributed by atoms with Gasteiger partial charge in [-0.1, -0.05) is 0 Å². The first-order valence-electron chi connectivity index (χ1n) is 6.84. The molecular weight excluding hydrogens is 306 g/mol. The Morgan fingerprint density at radius 1 is 1.36 bits per heavy atom. The number of carbonyl (C=O) groups excluding carboxylic acids is 2. The molecule has 0 atom stereocenters. The minimum absolute atomic E-state index is 0.117. The number of hydrogen-bond donors (Lipinski definition) is 1. The molecular formula is C15H18ClN3O3. The highest BCUT2D eigenvalue weighted by molar-refractivity contribution is 6.27. The van der Waals surface area contributed by atoms with Crippen LogP contribution < -0.4 is 5.32 Å². The lowest BCUT2D eigenvalue weighted by molar-refractivity contribution is -0.148. The average Bonchev–Trinajstić information content (AvgIpc) is 2.54. The van der Waals surface area contributed by atoms with Crippen molar-refractivity contribution in [3.63, 3.8) is 0 Å². The number of benzene rings is 1. The van der Waals surface area contributed by atoms with E-state index in [1.807, 2.05) is 6.07 Å². The predicted molar refractivity (Wildman–Crippen MR) is 83.6 cm³/mol. The molecule has 1 rings (SSSR count). The van der Waals surface area contributed by atoms with Crippen LogP contribution in [0.4, 0.5) is 5.69 Å². The van der Waals surface area contributed by atoms with Gasteiger partial charge in [-0.05, 0) is 31.2 Å². The second-order valence-electron chi connectivity index (χ2n) is 4.37. The van der Waals surface area contributed by atoms with Crippen molar-refractivity contribution in [1.29, 1.82) is 5.26 Å². The minimum atomic E-state index is -0.459. The van der Waals surface area contributed by atoms with E-state index in [4.69, 9.17) is 21.6 Å². The van der Waals surface area contributed by atoms with Crippen LogP contribution in [-0.2, 0) is 14.3 Å². The second kappa shape index (κ2) is 9.64. The molecule has 0 saturated carbocycles. The van der Waals surface area contributed by atoms with E-state index < -0.39 is 5.97 Å². The van der Waals surface area contributed by atoms with Crippen LogP contribution in [0.2, 0.25) is 0 Å². The Hall–Kier alpha value is -2.26. The molecule has 118 valence electrons. The number of carbonyl (C=O) groups is 2. The van der Waals surface area contributed by atoms with Crippen LogP contribution in [-0.4, -0.2) is 48.9 Å². The van der Waals surface area contributed by atoms with E-state index in [1.54, 1.807) is 31.2 Å². The maximum atomic E-state index is 11.7. The van der Waals surface area contributed by atoms with Crippen LogP contribution in [0.5, 0.6) is 0 Å². The first kappa shape index (κ1) is 17.8. The van der Waals surface area contributed by atoms with Gasteiger partial charge in [0.25, 0.3) is 0 Å². The van der Waals surface area contributed by atoms with E-state index in [9.17, 15) is 9.59 Å². The van der Waals surface area contributed by atoms with Gasteiger partial charge in [0.1, 0.15) is 12.4 Å². The number of halogens is 1. The molecule has 1 aromatic carbocycles. The number of nitrogens with zero attached hydrogens (tertiary/aromatic N) is 2. The third-order valence-corrected chi connectivity index (χ3v) is 3.05. The van der Waals surface area contributed by atoms with E-state index in [-0.39, 0.29) is 24.9 Å². The molecule has 1 aromatic rings. The Morgan fingerprint density at radius 2 is 2.05 bits per heavy atom. The number of nitrogens with one attached hydrogen (secondary N) is 1. The molecule has 0 fully saturated rings. The maximum absolute atomic E-state index is 11.7. The van der Waals surface area contributed by atoms with Gasteiger partial charge in [-0.25, -0.2) is 0 Å². The molecule has 22 heavy (non-hydrogen) atoms. The van der Waals surface area contributed by atoms with E-state index in [2.05, 4.69) is 5.32 Å². The molecule has 7 heteroatoms. The number of nitriles is 1. The Kier molecular flexibility index (Phi) is 7.79. The standard InChI is InChI=1S/C15H18ClN3O3/c1-2-22-15(21)11-19(14(20)9-16)8-7-18-13-5-3-12(10-17)4-6-13/h3-6,18H,2,7-9,11H2,1H3. The maximum Gasteiger partial charge on any atom is 0.325 e. The summed E-state index contributed by atoms with van der Waals surface area (Å²) >= 11 is 5.54. The zero-order valence-electron chi connectivity index (χ0n) is 12.3. The minimum Gasteiger partial charge on any atom is -0.465 e. The fraction of sp³-hybridized carbons (Fsp3) is 0.400. The summed E-state index contributed by atoms with van der Waals surface area (Å²) in [4.78, 5) is 24.5. The van der Waals surface area contributed by atoms with Crippen molar-refractivity contribution in [2.45, 2.75) is 6.92 Å². The smallest absolute Gasteiger partial charge is 0.325 e. The summed E-state index contributed by atoms with van der Waals surface area (Å²) in [6.45, 7) is 2.63. The van der Waals surface area contributed by atoms with Crippen LogP contribution in [0.25, 0.3) is 0 Å². The monoisotopic (exact) mass is 323 g/mol. The number of anilines is 1. The van der Waals surface area contributed by atoms with Gasteiger partial charge in [0.05, 0.1) is 18.2 Å². The number of ether oxygens (including phenoxy) is 1. The number of alkyl halides is 1. The lowest BCUT2D eigenvalue weighted by atomic mass is 10.2. The predicted octanol–water partition coefficient (Wildman–Crippen LogP) is 1.60. The van der Waals surface area contributed by atoms with Crippen molar-refractivity contribution in [1.82, 2.24) is 4.90 Å². The number of hydrogen-bond acceptors (Lipinski definition) is 5. The van der Waals surface area contributed by atoms with Crippen molar-refractivity contribution < 1.29 is 14.3 Å². The molecule has 0 aromatic heterocycles. The van der Waals surface area contributed by atoms with Crippen molar-refractivity contribution in [2.75, 3.05) is 37.4 Å². The number of rotatable bonds is 8. The molecule has 0 heterocycles. The lowest BCUT2D eigenvalue weighted by Crippen LogP contribution is -2.40. The largest absolute Gasteiger partial charge is 0.465 e. The van der Waals surface area contributed by atoms with E-state index in [0.717, 1.165) is 5.69 Å². The van der Waals surface area contributed by atoms with Gasteiger partial charge in [0.15, 0.2) is 0 Å². The van der Waals surface area contributed by atoms with Gasteiger partial charge in [0, 0.05) is 18.8 Å². The fourth-order valence-corrected chi connectivity index (χ4v) is 1.91. The van der Waals surface area contributed by atoms with Gasteiger partial charge in [-0.2, -0.15) is 5.26 Å². The van der Waals surface area contributed by atoms with E-state index in [0.29, 0.717) is 18.7 Å². The van der Waals surface area contributed by atoms with E-state index >= 15 is 0 Å². The van der Waals surface area contributed by atoms with E-state index in [1.165, 1.54) is 4.90 Å². The van der Waals surface area contributed by atoms with Crippen molar-refractivity contribution in [3.8, 4) is 6.07 Å². The van der Waals surface area contributed by atoms with Gasteiger partial charge < -0.3 is 15.0 Å². The van der Waals surface area contributed by atoms with Crippen LogP contribution in [0.1, 0.15) is 12.5 Å². The van der Waals surface area contributed by atoms with Crippen LogP contribution in [0.15, 0.2) is 24.3 Å². The molecule has 0 aliphatic heterocycles. The molecule has 0 radical (unpaired) electrons. The summed E-state index contributed by atoms with van der Waals surface area (Å²) in [5.74, 6) is -0.966. The average molecular weight is 324 g/mol. The van der Waals surface area contributed by atoms with Crippen molar-refractivity contribution >= 4 is 29.2 Å². The molecule has 0 spiro atoms. The van der Waals surface area contributed by atoms with Gasteiger partial charge in [0.2, 0.25) is 5.91 Å². The zero-order chi connectivity index (χ0) is 16.4. The third kappa shape index (κ3) is 6.02. The SMILES string of the molecule is CCOC(=O)CN(CCNc1ccc(C#N)cc1)C(=O)CCl. The van der Waals surface area contributed by atoms with Gasteiger partial charge in [-0.15, -0.1) is 11.6 Å². The molecule has 0 bridgehead atoms. The lowest BCUT2D eigenvalue weighted by Gasteiger charge is -2.21. The first-order chi connectivity index (χ1) is 10.6. The fourth-order valence-electron chi connectivity index (χ4n) is 1.74. The van der Waals surface area contributed by atoms with Crippen LogP contribution >= 0.6 is 11.6 Å². The normalized spacial score (nSPS) is 9.68. The third-order valence-electron chi connectivity index (χ3n) is 2.82. The van der Waals surface area contributed by atoms with Crippen molar-refractivity contribution in [2.24, 2.45) is 0 Å². The Balaban J connectivity index is 2.50. The van der Waals surface area contributed by atoms with Gasteiger partial charge >= 0.3 is 5.97 Å². The Morgan fingerprint density at radius 3 is 2.59 bits per heavy atom. The summed E-state index contributed by atoms with van der Waals surface area (Å²) < 4.78 is 4.83. The molecule has 0 aliphatic rings. The quantitative estimate of drug-likeness (QED) is 0.580. The van der Waals surface area contributed by atoms with Gasteiger partial charge in [-0.3, -0.25) is 9.59 Å². The molecule has 0 aliphatic carbocycles. The molecule has 6 nitrogen and oxygen atoms in total. The molecule has 1 N–H and O–H groups in total. The summed E-state index contributed by atoms with van der Waals surface area (Å²) in [6, 6.07) is 8.98. The number of esters is 1. The molecule has 1 amide bonds. The zero-order valence-corrected chi connectivity index (χ0v) is 13.1. The van der Waals surface area contributed by atoms with Crippen molar-refractivity contribution in [3.05, 3.63) is 29.8 Å². The first-order valence-corrected chi connectivity index (χ1v) is 7.37. The highest BCUT2D eigenvalue weighted by Gasteiger charge is 2.16. The highest BCUT2D eigenvalue weighted by atomic mass is 35.5. The topological polar surface area (TPSA) is 82.4 Å². The molecule has 0 unspecified atom stereocenters. The summed E-state index contributed by atoms with van der Waals surface area (Å²) in [5, 5.41) is 11.8. The van der Waals surface area contributed by atoms with Crippen LogP contribution in [0, 0.1) is 11.3 Å². The molecule has 0 saturated heterocycles. The Labute approximate surface area is 134 Å². The summed E-state index contributed by atoms with van der Waals surface area (Å²) in [7, 11) is 0. The Bertz CT molecular complexity index is 540. The second-order valence-corrected chi connectivity index (χ2v) is 4.64. The highest BCUT2D eigenvalue weighted by Crippen LogP contribution is 2.08. The summed E-state index contributed by atoms with van der Waals surface area (Å²) in [5.41, 5.74) is 1.40. The summed E-state index contributed by atoms with van der Waals surface area (Å²) in [6.07, 6.45) is 0. The number of amides is 1.